The smallest absolute Gasteiger partial charge is 0.0607 e. The summed E-state index contributed by atoms with van der Waals surface area (Å²) in [6.45, 7) is 8.99. The van der Waals surface area contributed by atoms with Crippen LogP contribution < -0.4 is 15.1 Å². The van der Waals surface area contributed by atoms with E-state index in [0.29, 0.717) is 6.04 Å². The van der Waals surface area contributed by atoms with Gasteiger partial charge in [-0.1, -0.05) is 19.1 Å². The van der Waals surface area contributed by atoms with Crippen molar-refractivity contribution in [3.05, 3.63) is 24.3 Å². The van der Waals surface area contributed by atoms with Gasteiger partial charge in [0.05, 0.1) is 11.4 Å². The molecule has 106 valence electrons. The van der Waals surface area contributed by atoms with Crippen LogP contribution in [0, 0.1) is 0 Å². The minimum atomic E-state index is 0.619. The molecule has 2 rings (SSSR count). The second kappa shape index (κ2) is 6.80. The van der Waals surface area contributed by atoms with Crippen molar-refractivity contribution in [3.8, 4) is 0 Å². The van der Waals surface area contributed by atoms with E-state index < -0.39 is 0 Å². The fraction of sp³-hybridized carbons (Fsp3) is 0.625. The van der Waals surface area contributed by atoms with Crippen LogP contribution in [-0.4, -0.2) is 39.3 Å². The molecular formula is C16H27N3. The average molecular weight is 261 g/mol. The fourth-order valence-corrected chi connectivity index (χ4v) is 2.84. The number of rotatable bonds is 6. The Kier molecular flexibility index (Phi) is 5.08. The van der Waals surface area contributed by atoms with E-state index >= 15 is 0 Å². The first-order chi connectivity index (χ1) is 9.24. The summed E-state index contributed by atoms with van der Waals surface area (Å²) in [5.74, 6) is 0. The van der Waals surface area contributed by atoms with Gasteiger partial charge in [0.15, 0.2) is 0 Å². The van der Waals surface area contributed by atoms with Gasteiger partial charge in [-0.3, -0.25) is 0 Å². The number of benzene rings is 1. The molecule has 3 heteroatoms. The van der Waals surface area contributed by atoms with Crippen LogP contribution in [0.4, 0.5) is 11.4 Å². The normalized spacial score (nSPS) is 16.4. The molecule has 0 aliphatic carbocycles. The van der Waals surface area contributed by atoms with Crippen LogP contribution in [0.5, 0.6) is 0 Å². The van der Waals surface area contributed by atoms with Gasteiger partial charge in [-0.05, 0) is 45.0 Å². The molecule has 0 saturated carbocycles. The first-order valence-electron chi connectivity index (χ1n) is 7.51. The Morgan fingerprint density at radius 1 is 1.21 bits per heavy atom. The Morgan fingerprint density at radius 2 is 1.95 bits per heavy atom. The summed E-state index contributed by atoms with van der Waals surface area (Å²) in [5.41, 5.74) is 2.76. The van der Waals surface area contributed by atoms with Crippen LogP contribution in [0.1, 0.15) is 26.7 Å². The van der Waals surface area contributed by atoms with Gasteiger partial charge in [0.25, 0.3) is 0 Å². The van der Waals surface area contributed by atoms with Gasteiger partial charge in [0, 0.05) is 26.2 Å². The van der Waals surface area contributed by atoms with E-state index in [1.165, 1.54) is 24.2 Å². The third-order valence-corrected chi connectivity index (χ3v) is 4.04. The molecule has 1 aliphatic rings. The van der Waals surface area contributed by atoms with Gasteiger partial charge >= 0.3 is 0 Å². The molecule has 1 aromatic carbocycles. The predicted octanol–water partition coefficient (Wildman–Crippen LogP) is 2.72. The molecule has 19 heavy (non-hydrogen) atoms. The van der Waals surface area contributed by atoms with E-state index in [0.717, 1.165) is 26.2 Å². The minimum Gasteiger partial charge on any atom is -0.371 e. The Morgan fingerprint density at radius 3 is 2.68 bits per heavy atom. The number of fused-ring (bicyclic) bond motifs is 1. The van der Waals surface area contributed by atoms with Crippen LogP contribution in [0.25, 0.3) is 0 Å². The Bertz CT molecular complexity index is 391. The predicted molar refractivity (Wildman–Crippen MR) is 84.3 cm³/mol. The van der Waals surface area contributed by atoms with Crippen molar-refractivity contribution in [2.75, 3.05) is 43.0 Å². The molecule has 0 aromatic heterocycles. The van der Waals surface area contributed by atoms with Crippen molar-refractivity contribution in [2.45, 2.75) is 32.7 Å². The lowest BCUT2D eigenvalue weighted by atomic mass is 10.1. The van der Waals surface area contributed by atoms with Crippen molar-refractivity contribution in [2.24, 2.45) is 0 Å². The molecule has 1 aliphatic heterocycles. The monoisotopic (exact) mass is 261 g/mol. The van der Waals surface area contributed by atoms with E-state index in [9.17, 15) is 0 Å². The first-order valence-corrected chi connectivity index (χ1v) is 7.51. The Balaban J connectivity index is 1.99. The lowest BCUT2D eigenvalue weighted by molar-refractivity contribution is 0.538. The Hall–Kier alpha value is -1.22. The van der Waals surface area contributed by atoms with Crippen LogP contribution >= 0.6 is 0 Å². The molecule has 0 spiro atoms. The number of nitrogens with one attached hydrogen (secondary N) is 1. The molecule has 3 nitrogen and oxygen atoms in total. The van der Waals surface area contributed by atoms with Crippen molar-refractivity contribution >= 4 is 11.4 Å². The summed E-state index contributed by atoms with van der Waals surface area (Å²) in [6.07, 6.45) is 2.51. The second-order valence-electron chi connectivity index (χ2n) is 5.45. The highest BCUT2D eigenvalue weighted by molar-refractivity contribution is 5.73. The fourth-order valence-electron chi connectivity index (χ4n) is 2.84. The molecule has 0 bridgehead atoms. The molecule has 1 aromatic rings. The van der Waals surface area contributed by atoms with E-state index in [4.69, 9.17) is 0 Å². The lowest BCUT2D eigenvalue weighted by Gasteiger charge is -2.40. The Labute approximate surface area is 117 Å². The van der Waals surface area contributed by atoms with Gasteiger partial charge in [0.2, 0.25) is 0 Å². The maximum Gasteiger partial charge on any atom is 0.0607 e. The van der Waals surface area contributed by atoms with E-state index in [2.05, 4.69) is 60.3 Å². The summed E-state index contributed by atoms with van der Waals surface area (Å²) in [4.78, 5) is 4.93. The number of nitrogens with zero attached hydrogens (tertiary/aromatic N) is 2. The summed E-state index contributed by atoms with van der Waals surface area (Å²) < 4.78 is 0. The largest absolute Gasteiger partial charge is 0.371 e. The maximum absolute atomic E-state index is 3.41. The minimum absolute atomic E-state index is 0.619. The molecular weight excluding hydrogens is 234 g/mol. The number of anilines is 2. The van der Waals surface area contributed by atoms with Gasteiger partial charge in [-0.15, -0.1) is 0 Å². The molecule has 0 radical (unpaired) electrons. The number of para-hydroxylation sites is 2. The second-order valence-corrected chi connectivity index (χ2v) is 5.45. The van der Waals surface area contributed by atoms with Gasteiger partial charge in [0.1, 0.15) is 0 Å². The third-order valence-electron chi connectivity index (χ3n) is 4.04. The number of likely N-dealkylation sites (N-methyl/N-ethyl adjacent to an activating group) is 1. The van der Waals surface area contributed by atoms with E-state index in [-0.39, 0.29) is 0 Å². The highest BCUT2D eigenvalue weighted by atomic mass is 15.3. The van der Waals surface area contributed by atoms with Crippen LogP contribution in [-0.2, 0) is 0 Å². The average Bonchev–Trinajstić information content (AvgIpc) is 2.44. The van der Waals surface area contributed by atoms with Gasteiger partial charge in [-0.25, -0.2) is 0 Å². The zero-order chi connectivity index (χ0) is 13.7. The number of hydrogen-bond acceptors (Lipinski definition) is 3. The molecule has 1 unspecified atom stereocenters. The van der Waals surface area contributed by atoms with Crippen molar-refractivity contribution < 1.29 is 0 Å². The summed E-state index contributed by atoms with van der Waals surface area (Å²) in [6, 6.07) is 9.39. The molecule has 1 heterocycles. The SMILES string of the molecule is CCNCCCC(C)N1CCN(C)c2ccccc21. The van der Waals surface area contributed by atoms with E-state index in [1.807, 2.05) is 0 Å². The molecule has 1 atom stereocenters. The topological polar surface area (TPSA) is 18.5 Å². The number of hydrogen-bond donors (Lipinski definition) is 1. The van der Waals surface area contributed by atoms with Crippen LogP contribution in [0.2, 0.25) is 0 Å². The molecule has 0 amide bonds. The molecule has 1 N–H and O–H groups in total. The maximum atomic E-state index is 3.41. The van der Waals surface area contributed by atoms with Gasteiger partial charge < -0.3 is 15.1 Å². The molecule has 0 saturated heterocycles. The highest BCUT2D eigenvalue weighted by Gasteiger charge is 2.23. The first kappa shape index (κ1) is 14.2. The van der Waals surface area contributed by atoms with E-state index in [1.54, 1.807) is 0 Å². The molecule has 0 fully saturated rings. The summed E-state index contributed by atoms with van der Waals surface area (Å²) >= 11 is 0. The standard InChI is InChI=1S/C16H27N3/c1-4-17-11-7-8-14(2)19-13-12-18(3)15-9-5-6-10-16(15)19/h5-6,9-10,14,17H,4,7-8,11-13H2,1-3H3. The summed E-state index contributed by atoms with van der Waals surface area (Å²) in [5, 5.41) is 3.41. The summed E-state index contributed by atoms with van der Waals surface area (Å²) in [7, 11) is 2.19. The van der Waals surface area contributed by atoms with Crippen molar-refractivity contribution in [1.82, 2.24) is 5.32 Å². The zero-order valence-electron chi connectivity index (χ0n) is 12.5. The lowest BCUT2D eigenvalue weighted by Crippen LogP contribution is -2.44. The third kappa shape index (κ3) is 3.41. The highest BCUT2D eigenvalue weighted by Crippen LogP contribution is 2.33. The van der Waals surface area contributed by atoms with Crippen LogP contribution in [0.15, 0.2) is 24.3 Å². The van der Waals surface area contributed by atoms with Crippen molar-refractivity contribution in [1.29, 1.82) is 0 Å². The van der Waals surface area contributed by atoms with Crippen LogP contribution in [0.3, 0.4) is 0 Å². The van der Waals surface area contributed by atoms with Gasteiger partial charge in [-0.2, -0.15) is 0 Å². The van der Waals surface area contributed by atoms with Crippen molar-refractivity contribution in [3.63, 3.8) is 0 Å². The quantitative estimate of drug-likeness (QED) is 0.794. The zero-order valence-corrected chi connectivity index (χ0v) is 12.5.